The lowest BCUT2D eigenvalue weighted by Crippen LogP contribution is -2.45. The number of phenolic OH excluding ortho intramolecular Hbond substituents is 1. The Hall–Kier alpha value is -3.23. The number of hydrogen-bond acceptors (Lipinski definition) is 6. The number of carbonyl (C=O) groups is 1. The molecule has 1 aliphatic heterocycles. The molecular formula is C22H23FN4O3. The molecule has 3 aromatic rings. The Balaban J connectivity index is 1.27. The number of aromatic nitrogens is 1. The minimum Gasteiger partial charge on any atom is -0.508 e. The molecule has 156 valence electrons. The Morgan fingerprint density at radius 3 is 2.40 bits per heavy atom. The predicted octanol–water partition coefficient (Wildman–Crippen LogP) is 3.09. The summed E-state index contributed by atoms with van der Waals surface area (Å²) in [6, 6.07) is 12.9. The summed E-state index contributed by atoms with van der Waals surface area (Å²) in [4.78, 5) is 21.1. The average molecular weight is 410 g/mol. The summed E-state index contributed by atoms with van der Waals surface area (Å²) < 4.78 is 18.4. The molecule has 1 aromatic heterocycles. The SMILES string of the molecule is O=C(Nc1ccc(F)cc1)c1coc(CN2CCN(Cc3ccccc3O)CC2)n1. The van der Waals surface area contributed by atoms with Crippen LogP contribution in [0.4, 0.5) is 10.1 Å². The number of anilines is 1. The summed E-state index contributed by atoms with van der Waals surface area (Å²) in [5.41, 5.74) is 1.61. The number of carbonyl (C=O) groups excluding carboxylic acids is 1. The first-order valence-electron chi connectivity index (χ1n) is 9.80. The van der Waals surface area contributed by atoms with Crippen LogP contribution >= 0.6 is 0 Å². The van der Waals surface area contributed by atoms with Crippen LogP contribution in [0.15, 0.2) is 59.2 Å². The normalized spacial score (nSPS) is 15.2. The molecule has 8 heteroatoms. The summed E-state index contributed by atoms with van der Waals surface area (Å²) in [5.74, 6) is 0.0426. The summed E-state index contributed by atoms with van der Waals surface area (Å²) in [6.45, 7) is 4.65. The van der Waals surface area contributed by atoms with Gasteiger partial charge in [0.2, 0.25) is 5.89 Å². The van der Waals surface area contributed by atoms with E-state index in [1.165, 1.54) is 30.5 Å². The van der Waals surface area contributed by atoms with E-state index in [1.807, 2.05) is 18.2 Å². The molecule has 2 aromatic carbocycles. The van der Waals surface area contributed by atoms with Gasteiger partial charge in [0.05, 0.1) is 6.54 Å². The van der Waals surface area contributed by atoms with E-state index in [0.29, 0.717) is 30.4 Å². The first-order chi connectivity index (χ1) is 14.6. The van der Waals surface area contributed by atoms with Gasteiger partial charge >= 0.3 is 0 Å². The van der Waals surface area contributed by atoms with Crippen molar-refractivity contribution in [3.63, 3.8) is 0 Å². The highest BCUT2D eigenvalue weighted by molar-refractivity contribution is 6.02. The lowest BCUT2D eigenvalue weighted by molar-refractivity contribution is 0.102. The number of aromatic hydroxyl groups is 1. The smallest absolute Gasteiger partial charge is 0.277 e. The van der Waals surface area contributed by atoms with Crippen LogP contribution < -0.4 is 5.32 Å². The highest BCUT2D eigenvalue weighted by Crippen LogP contribution is 2.19. The second-order valence-electron chi connectivity index (χ2n) is 7.27. The fourth-order valence-corrected chi connectivity index (χ4v) is 3.40. The molecule has 0 bridgehead atoms. The van der Waals surface area contributed by atoms with Crippen molar-refractivity contribution in [3.05, 3.63) is 77.8 Å². The average Bonchev–Trinajstić information content (AvgIpc) is 3.21. The number of hydrogen-bond donors (Lipinski definition) is 2. The van der Waals surface area contributed by atoms with E-state index in [0.717, 1.165) is 31.7 Å². The standard InChI is InChI=1S/C22H23FN4O3/c23-17-5-7-18(8-6-17)24-22(29)19-15-30-21(25-19)14-27-11-9-26(10-12-27)13-16-3-1-2-4-20(16)28/h1-8,15,28H,9-14H2,(H,24,29). The summed E-state index contributed by atoms with van der Waals surface area (Å²) in [5, 5.41) is 12.6. The monoisotopic (exact) mass is 410 g/mol. The third kappa shape index (κ3) is 5.03. The summed E-state index contributed by atoms with van der Waals surface area (Å²) >= 11 is 0. The van der Waals surface area contributed by atoms with Crippen LogP contribution in [-0.4, -0.2) is 52.0 Å². The molecule has 1 aliphatic rings. The second kappa shape index (κ2) is 9.06. The maximum Gasteiger partial charge on any atom is 0.277 e. The molecule has 1 saturated heterocycles. The summed E-state index contributed by atoms with van der Waals surface area (Å²) in [7, 11) is 0. The van der Waals surface area contributed by atoms with Crippen molar-refractivity contribution in [1.82, 2.24) is 14.8 Å². The van der Waals surface area contributed by atoms with Crippen molar-refractivity contribution >= 4 is 11.6 Å². The number of phenols is 1. The quantitative estimate of drug-likeness (QED) is 0.650. The maximum atomic E-state index is 13.0. The third-order valence-electron chi connectivity index (χ3n) is 5.10. The number of oxazole rings is 1. The molecule has 0 unspecified atom stereocenters. The van der Waals surface area contributed by atoms with E-state index >= 15 is 0 Å². The first kappa shape index (κ1) is 20.1. The molecular weight excluding hydrogens is 387 g/mol. The van der Waals surface area contributed by atoms with Gasteiger partial charge in [0.15, 0.2) is 5.69 Å². The van der Waals surface area contributed by atoms with Crippen LogP contribution in [0, 0.1) is 5.82 Å². The molecule has 7 nitrogen and oxygen atoms in total. The van der Waals surface area contributed by atoms with Crippen molar-refractivity contribution in [2.24, 2.45) is 0 Å². The zero-order chi connectivity index (χ0) is 20.9. The van der Waals surface area contributed by atoms with Crippen LogP contribution in [0.2, 0.25) is 0 Å². The van der Waals surface area contributed by atoms with Gasteiger partial charge < -0.3 is 14.8 Å². The number of para-hydroxylation sites is 1. The molecule has 2 heterocycles. The first-order valence-corrected chi connectivity index (χ1v) is 9.80. The Morgan fingerprint density at radius 2 is 1.70 bits per heavy atom. The Morgan fingerprint density at radius 1 is 1.03 bits per heavy atom. The van der Waals surface area contributed by atoms with Gasteiger partial charge in [-0.1, -0.05) is 18.2 Å². The number of benzene rings is 2. The van der Waals surface area contributed by atoms with E-state index in [-0.39, 0.29) is 11.5 Å². The van der Waals surface area contributed by atoms with Gasteiger partial charge in [0.25, 0.3) is 5.91 Å². The third-order valence-corrected chi connectivity index (χ3v) is 5.10. The fourth-order valence-electron chi connectivity index (χ4n) is 3.40. The minimum absolute atomic E-state index is 0.188. The van der Waals surface area contributed by atoms with Crippen LogP contribution in [-0.2, 0) is 13.1 Å². The van der Waals surface area contributed by atoms with Crippen LogP contribution in [0.1, 0.15) is 21.9 Å². The van der Waals surface area contributed by atoms with Crippen LogP contribution in [0.3, 0.4) is 0 Å². The Bertz CT molecular complexity index is 998. The molecule has 0 spiro atoms. The van der Waals surface area contributed by atoms with Gasteiger partial charge in [-0.05, 0) is 30.3 Å². The van der Waals surface area contributed by atoms with Gasteiger partial charge in [-0.2, -0.15) is 0 Å². The molecule has 1 fully saturated rings. The van der Waals surface area contributed by atoms with Gasteiger partial charge in [0, 0.05) is 44.0 Å². The van der Waals surface area contributed by atoms with Crippen molar-refractivity contribution in [1.29, 1.82) is 0 Å². The van der Waals surface area contributed by atoms with Gasteiger partial charge in [-0.25, -0.2) is 9.37 Å². The van der Waals surface area contributed by atoms with Gasteiger partial charge in [-0.15, -0.1) is 0 Å². The molecule has 30 heavy (non-hydrogen) atoms. The van der Waals surface area contributed by atoms with Crippen molar-refractivity contribution in [2.45, 2.75) is 13.1 Å². The van der Waals surface area contributed by atoms with E-state index < -0.39 is 5.91 Å². The lowest BCUT2D eigenvalue weighted by atomic mass is 10.1. The molecule has 4 rings (SSSR count). The van der Waals surface area contributed by atoms with E-state index in [9.17, 15) is 14.3 Å². The van der Waals surface area contributed by atoms with E-state index in [1.54, 1.807) is 6.07 Å². The zero-order valence-corrected chi connectivity index (χ0v) is 16.4. The number of rotatable bonds is 6. The number of piperazine rings is 1. The zero-order valence-electron chi connectivity index (χ0n) is 16.4. The van der Waals surface area contributed by atoms with Gasteiger partial charge in [-0.3, -0.25) is 14.6 Å². The lowest BCUT2D eigenvalue weighted by Gasteiger charge is -2.34. The number of nitrogens with zero attached hydrogens (tertiary/aromatic N) is 3. The highest BCUT2D eigenvalue weighted by atomic mass is 19.1. The fraction of sp³-hybridized carbons (Fsp3) is 0.273. The van der Waals surface area contributed by atoms with Crippen molar-refractivity contribution in [3.8, 4) is 5.75 Å². The van der Waals surface area contributed by atoms with Gasteiger partial charge in [0.1, 0.15) is 17.8 Å². The minimum atomic E-state index is -0.399. The second-order valence-corrected chi connectivity index (χ2v) is 7.27. The molecule has 0 atom stereocenters. The molecule has 1 amide bonds. The Kier molecular flexibility index (Phi) is 6.06. The molecule has 0 saturated carbocycles. The maximum absolute atomic E-state index is 13.0. The predicted molar refractivity (Wildman–Crippen MR) is 110 cm³/mol. The molecule has 0 radical (unpaired) electrons. The Labute approximate surface area is 173 Å². The van der Waals surface area contributed by atoms with Crippen LogP contribution in [0.5, 0.6) is 5.75 Å². The number of halogens is 1. The van der Waals surface area contributed by atoms with Crippen molar-refractivity contribution < 1.29 is 18.7 Å². The summed E-state index contributed by atoms with van der Waals surface area (Å²) in [6.07, 6.45) is 1.34. The van der Waals surface area contributed by atoms with Crippen molar-refractivity contribution in [2.75, 3.05) is 31.5 Å². The number of amides is 1. The topological polar surface area (TPSA) is 81.8 Å². The highest BCUT2D eigenvalue weighted by Gasteiger charge is 2.20. The molecule has 0 aliphatic carbocycles. The van der Waals surface area contributed by atoms with E-state index in [2.05, 4.69) is 20.1 Å². The van der Waals surface area contributed by atoms with E-state index in [4.69, 9.17) is 4.42 Å². The van der Waals surface area contributed by atoms with Crippen LogP contribution in [0.25, 0.3) is 0 Å². The largest absolute Gasteiger partial charge is 0.508 e. The number of nitrogens with one attached hydrogen (secondary N) is 1. The molecule has 2 N–H and O–H groups in total.